The van der Waals surface area contributed by atoms with E-state index in [1.807, 2.05) is 19.2 Å². The highest BCUT2D eigenvalue weighted by atomic mass is 35.5. The van der Waals surface area contributed by atoms with Crippen LogP contribution in [0.25, 0.3) is 0 Å². The molecule has 4 rings (SSSR count). The minimum atomic E-state index is -3.70. The molecule has 2 aromatic carbocycles. The molecule has 2 aromatic rings. The van der Waals surface area contributed by atoms with Crippen LogP contribution in [0.1, 0.15) is 19.4 Å². The Labute approximate surface area is 188 Å². The van der Waals surface area contributed by atoms with Gasteiger partial charge in [-0.3, -0.25) is 4.99 Å². The molecule has 31 heavy (non-hydrogen) atoms. The maximum absolute atomic E-state index is 13.0. The van der Waals surface area contributed by atoms with Gasteiger partial charge in [-0.2, -0.15) is 4.31 Å². The lowest BCUT2D eigenvalue weighted by Crippen LogP contribution is -2.40. The summed E-state index contributed by atoms with van der Waals surface area (Å²) >= 11 is 6.24. The van der Waals surface area contributed by atoms with Crippen molar-refractivity contribution in [3.63, 3.8) is 0 Å². The van der Waals surface area contributed by atoms with Crippen LogP contribution in [0.4, 0.5) is 11.4 Å². The number of aliphatic imine (C=N–C) groups is 1. The number of morpholine rings is 1. The van der Waals surface area contributed by atoms with E-state index in [4.69, 9.17) is 16.3 Å². The molecule has 0 saturated carbocycles. The Kier molecular flexibility index (Phi) is 5.96. The largest absolute Gasteiger partial charge is 0.379 e. The van der Waals surface area contributed by atoms with Crippen molar-refractivity contribution in [2.75, 3.05) is 38.3 Å². The number of fused-ring (bicyclic) bond motifs is 1. The van der Waals surface area contributed by atoms with Gasteiger partial charge in [0.15, 0.2) is 0 Å². The van der Waals surface area contributed by atoms with Crippen molar-refractivity contribution in [3.8, 4) is 0 Å². The van der Waals surface area contributed by atoms with Crippen molar-refractivity contribution >= 4 is 39.2 Å². The van der Waals surface area contributed by atoms with Crippen molar-refractivity contribution in [1.29, 1.82) is 0 Å². The number of halogens is 1. The zero-order valence-corrected chi connectivity index (χ0v) is 19.4. The Morgan fingerprint density at radius 2 is 1.84 bits per heavy atom. The van der Waals surface area contributed by atoms with Crippen molar-refractivity contribution in [1.82, 2.24) is 4.31 Å². The highest BCUT2D eigenvalue weighted by Gasteiger charge is 2.37. The summed E-state index contributed by atoms with van der Waals surface area (Å²) in [5, 5.41) is 0.191. The van der Waals surface area contributed by atoms with E-state index in [1.54, 1.807) is 18.3 Å². The van der Waals surface area contributed by atoms with Gasteiger partial charge in [-0.1, -0.05) is 43.6 Å². The van der Waals surface area contributed by atoms with Gasteiger partial charge >= 0.3 is 0 Å². The maximum Gasteiger partial charge on any atom is 0.244 e. The average molecular weight is 460 g/mol. The number of benzene rings is 2. The van der Waals surface area contributed by atoms with Gasteiger partial charge in [0, 0.05) is 43.2 Å². The SMILES string of the molecule is CN1/C(=C\C=Nc2ccc(Cl)c(S(=O)(=O)N3CCOCC3)c2)C(C)(C)c2ccccc21. The molecule has 0 radical (unpaired) electrons. The normalized spacial score (nSPS) is 20.5. The lowest BCUT2D eigenvalue weighted by Gasteiger charge is -2.26. The van der Waals surface area contributed by atoms with Crippen LogP contribution in [0.5, 0.6) is 0 Å². The fourth-order valence-corrected chi connectivity index (χ4v) is 6.09. The van der Waals surface area contributed by atoms with Gasteiger partial charge in [0.05, 0.1) is 23.9 Å². The molecule has 0 N–H and O–H groups in total. The number of para-hydroxylation sites is 1. The molecule has 0 spiro atoms. The number of allylic oxidation sites excluding steroid dienone is 2. The summed E-state index contributed by atoms with van der Waals surface area (Å²) in [7, 11) is -1.65. The maximum atomic E-state index is 13.0. The molecule has 1 saturated heterocycles. The summed E-state index contributed by atoms with van der Waals surface area (Å²) in [6, 6.07) is 13.2. The Hall–Kier alpha value is -2.19. The first kappa shape index (κ1) is 22.0. The van der Waals surface area contributed by atoms with E-state index in [2.05, 4.69) is 41.9 Å². The van der Waals surface area contributed by atoms with E-state index in [1.165, 1.54) is 21.6 Å². The van der Waals surface area contributed by atoms with E-state index < -0.39 is 10.0 Å². The van der Waals surface area contributed by atoms with Gasteiger partial charge in [0.2, 0.25) is 10.0 Å². The summed E-state index contributed by atoms with van der Waals surface area (Å²) in [6.07, 6.45) is 3.69. The predicted octanol–water partition coefficient (Wildman–Crippen LogP) is 4.37. The van der Waals surface area contributed by atoms with E-state index in [0.717, 1.165) is 5.70 Å². The first-order valence-corrected chi connectivity index (χ1v) is 12.0. The molecular weight excluding hydrogens is 434 g/mol. The Morgan fingerprint density at radius 1 is 1.13 bits per heavy atom. The molecule has 0 aromatic heterocycles. The second kappa shape index (κ2) is 8.39. The summed E-state index contributed by atoms with van der Waals surface area (Å²) in [4.78, 5) is 6.74. The van der Waals surface area contributed by atoms with Crippen LogP contribution in [0.3, 0.4) is 0 Å². The molecule has 2 heterocycles. The Morgan fingerprint density at radius 3 is 2.55 bits per heavy atom. The van der Waals surface area contributed by atoms with E-state index in [9.17, 15) is 8.42 Å². The third-order valence-corrected chi connectivity index (χ3v) is 8.28. The van der Waals surface area contributed by atoms with Crippen molar-refractivity contribution in [2.24, 2.45) is 4.99 Å². The van der Waals surface area contributed by atoms with Crippen LogP contribution < -0.4 is 4.90 Å². The number of ether oxygens (including phenoxy) is 1. The summed E-state index contributed by atoms with van der Waals surface area (Å²) in [5.41, 5.74) is 3.94. The van der Waals surface area contributed by atoms with Gasteiger partial charge < -0.3 is 9.64 Å². The molecule has 8 heteroatoms. The van der Waals surface area contributed by atoms with E-state index in [0.29, 0.717) is 32.0 Å². The number of anilines is 1. The number of nitrogens with zero attached hydrogens (tertiary/aromatic N) is 3. The van der Waals surface area contributed by atoms with Gasteiger partial charge in [0.1, 0.15) is 4.90 Å². The minimum absolute atomic E-state index is 0.0732. The fraction of sp³-hybridized carbons (Fsp3) is 0.348. The predicted molar refractivity (Wildman–Crippen MR) is 125 cm³/mol. The zero-order valence-electron chi connectivity index (χ0n) is 17.9. The molecule has 2 aliphatic rings. The lowest BCUT2D eigenvalue weighted by atomic mass is 9.84. The van der Waals surface area contributed by atoms with Gasteiger partial charge in [-0.15, -0.1) is 0 Å². The van der Waals surface area contributed by atoms with Crippen molar-refractivity contribution < 1.29 is 13.2 Å². The van der Waals surface area contributed by atoms with Crippen LogP contribution in [0.15, 0.2) is 64.1 Å². The molecule has 0 atom stereocenters. The number of sulfonamides is 1. The number of likely N-dealkylation sites (N-methyl/N-ethyl adjacent to an activating group) is 1. The molecular formula is C23H26ClN3O3S. The summed E-state index contributed by atoms with van der Waals surface area (Å²) in [5.74, 6) is 0. The van der Waals surface area contributed by atoms with Gasteiger partial charge in [0.25, 0.3) is 0 Å². The average Bonchev–Trinajstić information content (AvgIpc) is 2.96. The van der Waals surface area contributed by atoms with Crippen LogP contribution in [0.2, 0.25) is 5.02 Å². The van der Waals surface area contributed by atoms with Crippen molar-refractivity contribution in [3.05, 3.63) is 64.8 Å². The third kappa shape index (κ3) is 4.03. The minimum Gasteiger partial charge on any atom is -0.379 e. The molecule has 2 aliphatic heterocycles. The first-order chi connectivity index (χ1) is 14.7. The number of hydrogen-bond donors (Lipinski definition) is 0. The first-order valence-electron chi connectivity index (χ1n) is 10.2. The van der Waals surface area contributed by atoms with Crippen molar-refractivity contribution in [2.45, 2.75) is 24.2 Å². The highest BCUT2D eigenvalue weighted by molar-refractivity contribution is 7.89. The Balaban J connectivity index is 1.62. The van der Waals surface area contributed by atoms with Crippen LogP contribution in [0, 0.1) is 0 Å². The van der Waals surface area contributed by atoms with Gasteiger partial charge in [-0.05, 0) is 35.9 Å². The zero-order chi connectivity index (χ0) is 22.2. The van der Waals surface area contributed by atoms with E-state index in [-0.39, 0.29) is 15.3 Å². The fourth-order valence-electron chi connectivity index (χ4n) is 4.19. The number of hydrogen-bond acceptors (Lipinski definition) is 5. The van der Waals surface area contributed by atoms with Crippen LogP contribution in [-0.2, 0) is 20.2 Å². The highest BCUT2D eigenvalue weighted by Crippen LogP contribution is 2.46. The topological polar surface area (TPSA) is 62.2 Å². The molecule has 0 unspecified atom stereocenters. The quantitative estimate of drug-likeness (QED) is 0.637. The standard InChI is InChI=1S/C23H26ClN3O3S/c1-23(2)18-6-4-5-7-20(18)26(3)22(23)10-11-25-17-8-9-19(24)21(16-17)31(28,29)27-12-14-30-15-13-27/h4-11,16H,12-15H2,1-3H3/b22-10-,25-11?. The Bertz CT molecular complexity index is 1150. The molecule has 0 bridgehead atoms. The van der Waals surface area contributed by atoms with Gasteiger partial charge in [-0.25, -0.2) is 8.42 Å². The second-order valence-corrected chi connectivity index (χ2v) is 10.5. The second-order valence-electron chi connectivity index (χ2n) is 8.16. The lowest BCUT2D eigenvalue weighted by molar-refractivity contribution is 0.0730. The smallest absolute Gasteiger partial charge is 0.244 e. The monoisotopic (exact) mass is 459 g/mol. The molecule has 0 aliphatic carbocycles. The third-order valence-electron chi connectivity index (χ3n) is 5.90. The molecule has 164 valence electrons. The summed E-state index contributed by atoms with van der Waals surface area (Å²) in [6.45, 7) is 5.77. The molecule has 1 fully saturated rings. The van der Waals surface area contributed by atoms with Crippen LogP contribution in [-0.4, -0.2) is 52.3 Å². The summed E-state index contributed by atoms with van der Waals surface area (Å²) < 4.78 is 32.7. The molecule has 6 nitrogen and oxygen atoms in total. The van der Waals surface area contributed by atoms with E-state index >= 15 is 0 Å². The number of rotatable bonds is 4. The van der Waals surface area contributed by atoms with Crippen LogP contribution >= 0.6 is 11.6 Å². The molecule has 0 amide bonds.